The molecule has 0 saturated carbocycles. The Bertz CT molecular complexity index is 761. The predicted molar refractivity (Wildman–Crippen MR) is 80.9 cm³/mol. The normalized spacial score (nSPS) is 10.8. The van der Waals surface area contributed by atoms with E-state index in [1.165, 1.54) is 11.3 Å². The van der Waals surface area contributed by atoms with Crippen LogP contribution in [0.1, 0.15) is 10.4 Å². The van der Waals surface area contributed by atoms with E-state index in [0.717, 1.165) is 15.6 Å². The first kappa shape index (κ1) is 12.2. The maximum atomic E-state index is 10.2. The lowest BCUT2D eigenvalue weighted by molar-refractivity contribution is 0.482. The number of halogens is 1. The molecule has 0 amide bonds. The van der Waals surface area contributed by atoms with Gasteiger partial charge in [-0.05, 0) is 24.3 Å². The van der Waals surface area contributed by atoms with Crippen LogP contribution in [0.25, 0.3) is 10.1 Å². The van der Waals surface area contributed by atoms with Gasteiger partial charge >= 0.3 is 0 Å². The highest BCUT2D eigenvalue weighted by atomic mass is 35.5. The van der Waals surface area contributed by atoms with E-state index in [-0.39, 0.29) is 5.75 Å². The molecule has 2 nitrogen and oxygen atoms in total. The second-order valence-corrected chi connectivity index (χ2v) is 5.65. The van der Waals surface area contributed by atoms with Gasteiger partial charge in [-0.1, -0.05) is 35.9 Å². The Balaban J connectivity index is 2.11. The van der Waals surface area contributed by atoms with Crippen molar-refractivity contribution in [3.05, 3.63) is 64.0 Å². The van der Waals surface area contributed by atoms with E-state index in [0.29, 0.717) is 15.6 Å². The van der Waals surface area contributed by atoms with E-state index < -0.39 is 0 Å². The van der Waals surface area contributed by atoms with Crippen LogP contribution in [0.2, 0.25) is 5.02 Å². The number of aromatic hydroxyl groups is 1. The average Bonchev–Trinajstić information content (AvgIpc) is 2.77. The number of benzene rings is 2. The first-order valence-electron chi connectivity index (χ1n) is 5.72. The van der Waals surface area contributed by atoms with Crippen LogP contribution in [-0.2, 0) is 0 Å². The van der Waals surface area contributed by atoms with Gasteiger partial charge < -0.3 is 5.11 Å². The van der Waals surface area contributed by atoms with Crippen LogP contribution in [0.15, 0.2) is 48.5 Å². The minimum atomic E-state index is 0.181. The van der Waals surface area contributed by atoms with Crippen molar-refractivity contribution >= 4 is 38.7 Å². The highest BCUT2D eigenvalue weighted by molar-refractivity contribution is 7.21. The van der Waals surface area contributed by atoms with Crippen LogP contribution in [0, 0.1) is 5.41 Å². The minimum absolute atomic E-state index is 0.181. The molecule has 0 aliphatic heterocycles. The third kappa shape index (κ3) is 2.11. The molecule has 0 radical (unpaired) electrons. The quantitative estimate of drug-likeness (QED) is 0.661. The summed E-state index contributed by atoms with van der Waals surface area (Å²) in [5, 5.41) is 19.9. The second-order valence-electron chi connectivity index (χ2n) is 4.16. The molecule has 0 aliphatic rings. The maximum Gasteiger partial charge on any atom is 0.143 e. The molecule has 2 aromatic carbocycles. The van der Waals surface area contributed by atoms with Crippen molar-refractivity contribution in [2.24, 2.45) is 0 Å². The molecule has 3 aromatic rings. The van der Waals surface area contributed by atoms with Crippen molar-refractivity contribution in [1.29, 1.82) is 5.41 Å². The number of rotatable bonds is 2. The zero-order chi connectivity index (χ0) is 13.4. The molecular weight excluding hydrogens is 278 g/mol. The van der Waals surface area contributed by atoms with Gasteiger partial charge in [0, 0.05) is 20.7 Å². The Morgan fingerprint density at radius 1 is 1.05 bits per heavy atom. The van der Waals surface area contributed by atoms with Gasteiger partial charge in [0.25, 0.3) is 0 Å². The molecular formula is C15H10ClNOS. The summed E-state index contributed by atoms with van der Waals surface area (Å²) in [6.45, 7) is 0. The van der Waals surface area contributed by atoms with Crippen LogP contribution < -0.4 is 0 Å². The first-order valence-corrected chi connectivity index (χ1v) is 6.91. The van der Waals surface area contributed by atoms with Gasteiger partial charge in [-0.15, -0.1) is 11.3 Å². The lowest BCUT2D eigenvalue weighted by Gasteiger charge is -2.02. The zero-order valence-corrected chi connectivity index (χ0v) is 11.4. The standard InChI is InChI=1S/C15H10ClNOS/c16-10-7-5-9(6-8-10)13(17)15-14(18)11-3-1-2-4-12(11)19-15/h1-8,17-18H. The fourth-order valence-corrected chi connectivity index (χ4v) is 3.14. The Morgan fingerprint density at radius 2 is 1.74 bits per heavy atom. The van der Waals surface area contributed by atoms with E-state index in [4.69, 9.17) is 17.0 Å². The zero-order valence-electron chi connectivity index (χ0n) is 9.85. The molecule has 0 atom stereocenters. The lowest BCUT2D eigenvalue weighted by atomic mass is 10.1. The van der Waals surface area contributed by atoms with Gasteiger partial charge in [0.1, 0.15) is 5.75 Å². The van der Waals surface area contributed by atoms with E-state index in [9.17, 15) is 5.11 Å². The topological polar surface area (TPSA) is 44.1 Å². The fourth-order valence-electron chi connectivity index (χ4n) is 1.95. The van der Waals surface area contributed by atoms with E-state index in [1.807, 2.05) is 24.3 Å². The monoisotopic (exact) mass is 287 g/mol. The average molecular weight is 288 g/mol. The van der Waals surface area contributed by atoms with Crippen LogP contribution >= 0.6 is 22.9 Å². The van der Waals surface area contributed by atoms with Crippen molar-refractivity contribution in [2.75, 3.05) is 0 Å². The summed E-state index contributed by atoms with van der Waals surface area (Å²) in [5.74, 6) is 0.181. The third-order valence-corrected chi connectivity index (χ3v) is 4.36. The van der Waals surface area contributed by atoms with Crippen molar-refractivity contribution in [2.45, 2.75) is 0 Å². The van der Waals surface area contributed by atoms with Crippen molar-refractivity contribution < 1.29 is 5.11 Å². The number of nitrogens with one attached hydrogen (secondary N) is 1. The summed E-state index contributed by atoms with van der Waals surface area (Å²) >= 11 is 7.26. The van der Waals surface area contributed by atoms with Gasteiger partial charge in [0.2, 0.25) is 0 Å². The molecule has 1 aromatic heterocycles. The Morgan fingerprint density at radius 3 is 2.42 bits per heavy atom. The fraction of sp³-hybridized carbons (Fsp3) is 0. The highest BCUT2D eigenvalue weighted by Crippen LogP contribution is 2.37. The van der Waals surface area contributed by atoms with Crippen molar-refractivity contribution in [3.8, 4) is 5.75 Å². The highest BCUT2D eigenvalue weighted by Gasteiger charge is 2.16. The number of hydrogen-bond donors (Lipinski definition) is 2. The van der Waals surface area contributed by atoms with Crippen molar-refractivity contribution in [3.63, 3.8) is 0 Å². The summed E-state index contributed by atoms with van der Waals surface area (Å²) in [5.41, 5.74) is 1.06. The number of hydrogen-bond acceptors (Lipinski definition) is 3. The molecule has 94 valence electrons. The molecule has 2 N–H and O–H groups in total. The molecule has 0 saturated heterocycles. The van der Waals surface area contributed by atoms with Gasteiger partial charge in [-0.3, -0.25) is 5.41 Å². The van der Waals surface area contributed by atoms with Crippen LogP contribution in [0.5, 0.6) is 5.75 Å². The molecule has 1 heterocycles. The predicted octanol–water partition coefficient (Wildman–Crippen LogP) is 4.68. The summed E-state index contributed by atoms with van der Waals surface area (Å²) < 4.78 is 0.980. The molecule has 0 aliphatic carbocycles. The molecule has 0 unspecified atom stereocenters. The molecule has 0 spiro atoms. The van der Waals surface area contributed by atoms with Gasteiger partial charge in [-0.25, -0.2) is 0 Å². The van der Waals surface area contributed by atoms with Crippen LogP contribution in [-0.4, -0.2) is 10.8 Å². The summed E-state index contributed by atoms with van der Waals surface area (Å²) in [6.07, 6.45) is 0. The second kappa shape index (κ2) is 4.68. The third-order valence-electron chi connectivity index (χ3n) is 2.93. The summed E-state index contributed by atoms with van der Waals surface area (Å²) in [6, 6.07) is 14.7. The largest absolute Gasteiger partial charge is 0.506 e. The van der Waals surface area contributed by atoms with Crippen LogP contribution in [0.3, 0.4) is 0 Å². The molecule has 0 fully saturated rings. The van der Waals surface area contributed by atoms with E-state index >= 15 is 0 Å². The van der Waals surface area contributed by atoms with Gasteiger partial charge in [-0.2, -0.15) is 0 Å². The molecule has 0 bridgehead atoms. The summed E-state index contributed by atoms with van der Waals surface area (Å²) in [7, 11) is 0. The number of thiophene rings is 1. The smallest absolute Gasteiger partial charge is 0.143 e. The molecule has 19 heavy (non-hydrogen) atoms. The Kier molecular flexibility index (Phi) is 3.01. The Labute approximate surface area is 119 Å². The first-order chi connectivity index (χ1) is 9.16. The summed E-state index contributed by atoms with van der Waals surface area (Å²) in [4.78, 5) is 0.587. The lowest BCUT2D eigenvalue weighted by Crippen LogP contribution is -1.98. The van der Waals surface area contributed by atoms with Crippen molar-refractivity contribution in [1.82, 2.24) is 0 Å². The maximum absolute atomic E-state index is 10.2. The van der Waals surface area contributed by atoms with Crippen LogP contribution in [0.4, 0.5) is 0 Å². The molecule has 3 rings (SSSR count). The minimum Gasteiger partial charge on any atom is -0.506 e. The van der Waals surface area contributed by atoms with Gasteiger partial charge in [0.15, 0.2) is 0 Å². The Hall–Kier alpha value is -1.84. The number of fused-ring (bicyclic) bond motifs is 1. The van der Waals surface area contributed by atoms with Gasteiger partial charge in [0.05, 0.1) is 10.6 Å². The molecule has 4 heteroatoms. The van der Waals surface area contributed by atoms with E-state index in [1.54, 1.807) is 24.3 Å². The SMILES string of the molecule is N=C(c1ccc(Cl)cc1)c1sc2ccccc2c1O. The van der Waals surface area contributed by atoms with E-state index in [2.05, 4.69) is 0 Å².